The third kappa shape index (κ3) is 1.75. The lowest BCUT2D eigenvalue weighted by molar-refractivity contribution is 0.957. The van der Waals surface area contributed by atoms with Gasteiger partial charge in [-0.1, -0.05) is 54.6 Å². The minimum Gasteiger partial charge on any atom is -0.197 e. The second-order valence-electron chi connectivity index (χ2n) is 4.92. The fourth-order valence-electron chi connectivity index (χ4n) is 2.72. The van der Waals surface area contributed by atoms with Crippen LogP contribution < -0.4 is 0 Å². The molecule has 3 aromatic carbocycles. The summed E-state index contributed by atoms with van der Waals surface area (Å²) in [7, 11) is 0. The van der Waals surface area contributed by atoms with Crippen molar-refractivity contribution in [3.63, 3.8) is 0 Å². The molecule has 3 nitrogen and oxygen atoms in total. The molecule has 4 aromatic rings. The lowest BCUT2D eigenvalue weighted by atomic mass is 9.98. The Bertz CT molecular complexity index is 887. The number of hydrogen-bond donors (Lipinski definition) is 1. The highest BCUT2D eigenvalue weighted by molar-refractivity contribution is 5.86. The van der Waals surface area contributed by atoms with Gasteiger partial charge in [-0.15, -0.1) is 0 Å². The standard InChI is InChI=1S/C17H13N3/c1-2-9-15-12(5-1)6-3-7-13(15)11-14-8-4-10-16-17(14)19-20-18-16/h1-10H,11H2,(H,18,19,20). The maximum atomic E-state index is 4.26. The molecule has 96 valence electrons. The molecule has 0 aliphatic carbocycles. The molecule has 20 heavy (non-hydrogen) atoms. The van der Waals surface area contributed by atoms with Crippen LogP contribution in [0.2, 0.25) is 0 Å². The number of benzene rings is 3. The largest absolute Gasteiger partial charge is 0.197 e. The smallest absolute Gasteiger partial charge is 0.116 e. The monoisotopic (exact) mass is 259 g/mol. The molecule has 0 spiro atoms. The Kier molecular flexibility index (Phi) is 2.49. The summed E-state index contributed by atoms with van der Waals surface area (Å²) in [4.78, 5) is 0. The third-order valence-corrected chi connectivity index (χ3v) is 3.69. The van der Waals surface area contributed by atoms with Gasteiger partial charge in [0.25, 0.3) is 0 Å². The van der Waals surface area contributed by atoms with E-state index in [0.717, 1.165) is 17.5 Å². The van der Waals surface area contributed by atoms with Gasteiger partial charge in [0, 0.05) is 6.42 Å². The summed E-state index contributed by atoms with van der Waals surface area (Å²) >= 11 is 0. The fourth-order valence-corrected chi connectivity index (χ4v) is 2.72. The van der Waals surface area contributed by atoms with Crippen LogP contribution in [0.15, 0.2) is 60.7 Å². The predicted molar refractivity (Wildman–Crippen MR) is 80.6 cm³/mol. The van der Waals surface area contributed by atoms with Crippen molar-refractivity contribution in [3.05, 3.63) is 71.8 Å². The van der Waals surface area contributed by atoms with Crippen molar-refractivity contribution in [3.8, 4) is 0 Å². The van der Waals surface area contributed by atoms with Gasteiger partial charge in [0.1, 0.15) is 11.0 Å². The van der Waals surface area contributed by atoms with E-state index < -0.39 is 0 Å². The molecule has 4 rings (SSSR count). The number of rotatable bonds is 2. The molecule has 0 atom stereocenters. The van der Waals surface area contributed by atoms with E-state index in [9.17, 15) is 0 Å². The first-order valence-corrected chi connectivity index (χ1v) is 6.67. The zero-order valence-electron chi connectivity index (χ0n) is 10.9. The van der Waals surface area contributed by atoms with Gasteiger partial charge in [-0.3, -0.25) is 0 Å². The number of nitrogens with zero attached hydrogens (tertiary/aromatic N) is 2. The number of H-pyrrole nitrogens is 1. The second kappa shape index (κ2) is 4.46. The van der Waals surface area contributed by atoms with Crippen molar-refractivity contribution in [2.45, 2.75) is 6.42 Å². The molecular weight excluding hydrogens is 246 g/mol. The van der Waals surface area contributed by atoms with Crippen LogP contribution >= 0.6 is 0 Å². The van der Waals surface area contributed by atoms with Crippen LogP contribution in [0.4, 0.5) is 0 Å². The number of fused-ring (bicyclic) bond motifs is 2. The SMILES string of the molecule is c1ccc2c(Cc3cccc4n[nH]nc34)cccc2c1. The summed E-state index contributed by atoms with van der Waals surface area (Å²) < 4.78 is 0. The van der Waals surface area contributed by atoms with Gasteiger partial charge in [0.2, 0.25) is 0 Å². The van der Waals surface area contributed by atoms with Crippen LogP contribution in [0.3, 0.4) is 0 Å². The van der Waals surface area contributed by atoms with Gasteiger partial charge in [-0.05, 0) is 28.0 Å². The Labute approximate surface area is 116 Å². The topological polar surface area (TPSA) is 41.6 Å². The van der Waals surface area contributed by atoms with Crippen molar-refractivity contribution < 1.29 is 0 Å². The molecule has 0 bridgehead atoms. The quantitative estimate of drug-likeness (QED) is 0.596. The summed E-state index contributed by atoms with van der Waals surface area (Å²) in [6.45, 7) is 0. The predicted octanol–water partition coefficient (Wildman–Crippen LogP) is 3.70. The first-order chi connectivity index (χ1) is 9.92. The Morgan fingerprint density at radius 3 is 2.55 bits per heavy atom. The first kappa shape index (κ1) is 11.2. The lowest BCUT2D eigenvalue weighted by Gasteiger charge is -2.07. The van der Waals surface area contributed by atoms with E-state index in [4.69, 9.17) is 0 Å². The number of aromatic nitrogens is 3. The summed E-state index contributed by atoms with van der Waals surface area (Å²) in [6.07, 6.45) is 0.866. The van der Waals surface area contributed by atoms with Crippen LogP contribution in [0.1, 0.15) is 11.1 Å². The van der Waals surface area contributed by atoms with Gasteiger partial charge in [-0.2, -0.15) is 15.4 Å². The molecule has 0 aliphatic rings. The van der Waals surface area contributed by atoms with E-state index in [2.05, 4.69) is 63.9 Å². The number of para-hydroxylation sites is 1. The highest BCUT2D eigenvalue weighted by Crippen LogP contribution is 2.23. The van der Waals surface area contributed by atoms with Gasteiger partial charge in [-0.25, -0.2) is 0 Å². The van der Waals surface area contributed by atoms with E-state index in [-0.39, 0.29) is 0 Å². The number of hydrogen-bond acceptors (Lipinski definition) is 2. The Balaban J connectivity index is 1.87. The zero-order valence-corrected chi connectivity index (χ0v) is 10.9. The maximum absolute atomic E-state index is 4.26. The molecular formula is C17H13N3. The molecule has 1 N–H and O–H groups in total. The molecule has 1 aromatic heterocycles. The summed E-state index contributed by atoms with van der Waals surface area (Å²) in [5.74, 6) is 0. The molecule has 0 fully saturated rings. The average Bonchev–Trinajstić information content (AvgIpc) is 2.97. The van der Waals surface area contributed by atoms with Crippen LogP contribution in [0, 0.1) is 0 Å². The van der Waals surface area contributed by atoms with Crippen molar-refractivity contribution >= 4 is 21.8 Å². The van der Waals surface area contributed by atoms with Gasteiger partial charge in [0.05, 0.1) is 0 Å². The summed E-state index contributed by atoms with van der Waals surface area (Å²) in [6, 6.07) is 21.1. The van der Waals surface area contributed by atoms with E-state index in [1.165, 1.54) is 21.9 Å². The van der Waals surface area contributed by atoms with Crippen molar-refractivity contribution in [1.82, 2.24) is 15.4 Å². The van der Waals surface area contributed by atoms with E-state index in [0.29, 0.717) is 0 Å². The maximum Gasteiger partial charge on any atom is 0.116 e. The molecule has 0 unspecified atom stereocenters. The zero-order chi connectivity index (χ0) is 13.4. The molecule has 0 amide bonds. The van der Waals surface area contributed by atoms with Gasteiger partial charge < -0.3 is 0 Å². The van der Waals surface area contributed by atoms with Crippen LogP contribution in [0.5, 0.6) is 0 Å². The molecule has 0 saturated heterocycles. The van der Waals surface area contributed by atoms with Gasteiger partial charge in [0.15, 0.2) is 0 Å². The molecule has 1 heterocycles. The minimum absolute atomic E-state index is 0.866. The Morgan fingerprint density at radius 2 is 1.55 bits per heavy atom. The normalized spacial score (nSPS) is 11.2. The highest BCUT2D eigenvalue weighted by Gasteiger charge is 2.07. The second-order valence-corrected chi connectivity index (χ2v) is 4.92. The van der Waals surface area contributed by atoms with E-state index in [1.54, 1.807) is 0 Å². The Hall–Kier alpha value is -2.68. The van der Waals surface area contributed by atoms with Crippen molar-refractivity contribution in [2.24, 2.45) is 0 Å². The fraction of sp³-hybridized carbons (Fsp3) is 0.0588. The lowest BCUT2D eigenvalue weighted by Crippen LogP contribution is -1.91. The Morgan fingerprint density at radius 1 is 0.750 bits per heavy atom. The van der Waals surface area contributed by atoms with E-state index >= 15 is 0 Å². The molecule has 0 radical (unpaired) electrons. The van der Waals surface area contributed by atoms with Crippen LogP contribution in [0.25, 0.3) is 21.8 Å². The van der Waals surface area contributed by atoms with Crippen molar-refractivity contribution in [2.75, 3.05) is 0 Å². The average molecular weight is 259 g/mol. The first-order valence-electron chi connectivity index (χ1n) is 6.67. The summed E-state index contributed by atoms with van der Waals surface area (Å²) in [5, 5.41) is 13.7. The molecule has 3 heteroatoms. The van der Waals surface area contributed by atoms with Gasteiger partial charge >= 0.3 is 0 Å². The minimum atomic E-state index is 0.866. The van der Waals surface area contributed by atoms with Crippen LogP contribution in [-0.4, -0.2) is 15.4 Å². The molecule has 0 saturated carbocycles. The third-order valence-electron chi connectivity index (χ3n) is 3.69. The summed E-state index contributed by atoms with van der Waals surface area (Å²) in [5.41, 5.74) is 4.40. The molecule has 0 aliphatic heterocycles. The van der Waals surface area contributed by atoms with Crippen molar-refractivity contribution in [1.29, 1.82) is 0 Å². The highest BCUT2D eigenvalue weighted by atomic mass is 15.3. The number of aromatic amines is 1. The number of nitrogens with one attached hydrogen (secondary N) is 1. The van der Waals surface area contributed by atoms with E-state index in [1.807, 2.05) is 12.1 Å². The van der Waals surface area contributed by atoms with Crippen LogP contribution in [-0.2, 0) is 6.42 Å².